The highest BCUT2D eigenvalue weighted by Crippen LogP contribution is 2.24. The van der Waals surface area contributed by atoms with Gasteiger partial charge in [0.05, 0.1) is 23.8 Å². The molecule has 5 heteroatoms. The van der Waals surface area contributed by atoms with Crippen molar-refractivity contribution in [3.05, 3.63) is 10.6 Å². The van der Waals surface area contributed by atoms with Crippen LogP contribution >= 0.6 is 11.3 Å². The maximum atomic E-state index is 9.02. The number of hydrogen-bond acceptors (Lipinski definition) is 5. The van der Waals surface area contributed by atoms with Crippen molar-refractivity contribution in [2.75, 3.05) is 32.2 Å². The Hall–Kier alpha value is -0.650. The molecule has 1 aromatic rings. The molecule has 0 radical (unpaired) electrons. The smallest absolute Gasteiger partial charge is 0.185 e. The number of anilines is 1. The summed E-state index contributed by atoms with van der Waals surface area (Å²) in [4.78, 5) is 7.33. The molecule has 0 unspecified atom stereocenters. The van der Waals surface area contributed by atoms with Crippen LogP contribution < -0.4 is 4.90 Å². The van der Waals surface area contributed by atoms with E-state index in [2.05, 4.69) is 4.98 Å². The summed E-state index contributed by atoms with van der Waals surface area (Å²) in [6.45, 7) is 3.48. The highest BCUT2D eigenvalue weighted by molar-refractivity contribution is 7.15. The summed E-state index contributed by atoms with van der Waals surface area (Å²) in [6, 6.07) is 0. The van der Waals surface area contributed by atoms with Crippen LogP contribution in [0.25, 0.3) is 0 Å². The second-order valence-corrected chi connectivity index (χ2v) is 4.14. The van der Waals surface area contributed by atoms with Crippen molar-refractivity contribution in [1.29, 1.82) is 0 Å². The third kappa shape index (κ3) is 2.67. The average Bonchev–Trinajstić information content (AvgIpc) is 2.56. The van der Waals surface area contributed by atoms with Crippen LogP contribution in [-0.2, 0) is 11.3 Å². The maximum absolute atomic E-state index is 9.02. The van der Waals surface area contributed by atoms with Crippen molar-refractivity contribution in [3.63, 3.8) is 0 Å². The van der Waals surface area contributed by atoms with Gasteiger partial charge in [-0.1, -0.05) is 11.3 Å². The van der Waals surface area contributed by atoms with Crippen LogP contribution in [0.2, 0.25) is 0 Å². The van der Waals surface area contributed by atoms with Crippen LogP contribution in [0.1, 0.15) is 10.6 Å². The SMILES string of the molecule is COCCN(C)c1nc(C)c(CO)s1. The molecule has 0 amide bonds. The standard InChI is InChI=1S/C9H16N2O2S/c1-7-8(6-12)14-9(10-7)11(2)4-5-13-3/h12H,4-6H2,1-3H3. The number of nitrogens with zero attached hydrogens (tertiary/aromatic N) is 2. The third-order valence-corrected chi connectivity index (χ3v) is 3.24. The molecular weight excluding hydrogens is 200 g/mol. The number of hydrogen-bond donors (Lipinski definition) is 1. The lowest BCUT2D eigenvalue weighted by Crippen LogP contribution is -2.21. The minimum atomic E-state index is 0.0710. The Morgan fingerprint density at radius 3 is 2.79 bits per heavy atom. The average molecular weight is 216 g/mol. The lowest BCUT2D eigenvalue weighted by molar-refractivity contribution is 0.206. The lowest BCUT2D eigenvalue weighted by atomic mass is 10.4. The fourth-order valence-corrected chi connectivity index (χ4v) is 1.95. The minimum absolute atomic E-state index is 0.0710. The molecule has 0 aromatic carbocycles. The van der Waals surface area contributed by atoms with E-state index >= 15 is 0 Å². The van der Waals surface area contributed by atoms with Crippen LogP contribution in [0.3, 0.4) is 0 Å². The van der Waals surface area contributed by atoms with Gasteiger partial charge < -0.3 is 14.7 Å². The zero-order valence-electron chi connectivity index (χ0n) is 8.78. The van der Waals surface area contributed by atoms with Crippen LogP contribution in [0, 0.1) is 6.92 Å². The maximum Gasteiger partial charge on any atom is 0.185 e. The monoisotopic (exact) mass is 216 g/mol. The molecule has 1 aromatic heterocycles. The number of aryl methyl sites for hydroxylation is 1. The molecule has 0 bridgehead atoms. The van der Waals surface area contributed by atoms with Crippen molar-refractivity contribution in [2.45, 2.75) is 13.5 Å². The number of methoxy groups -OCH3 is 1. The summed E-state index contributed by atoms with van der Waals surface area (Å²) >= 11 is 1.53. The molecule has 1 N–H and O–H groups in total. The van der Waals surface area contributed by atoms with Gasteiger partial charge in [0.15, 0.2) is 5.13 Å². The molecule has 14 heavy (non-hydrogen) atoms. The molecule has 0 atom stereocenters. The third-order valence-electron chi connectivity index (χ3n) is 1.98. The van der Waals surface area contributed by atoms with Crippen molar-refractivity contribution < 1.29 is 9.84 Å². The summed E-state index contributed by atoms with van der Waals surface area (Å²) in [5, 5.41) is 9.95. The molecule has 1 heterocycles. The van der Waals surface area contributed by atoms with Crippen LogP contribution in [-0.4, -0.2) is 37.4 Å². The molecule has 0 aliphatic rings. The molecular formula is C9H16N2O2S. The van der Waals surface area contributed by atoms with E-state index in [4.69, 9.17) is 9.84 Å². The van der Waals surface area contributed by atoms with Gasteiger partial charge in [0, 0.05) is 20.7 Å². The second kappa shape index (κ2) is 5.29. The van der Waals surface area contributed by atoms with E-state index in [1.165, 1.54) is 11.3 Å². The van der Waals surface area contributed by atoms with E-state index in [9.17, 15) is 0 Å². The topological polar surface area (TPSA) is 45.6 Å². The molecule has 0 aliphatic carbocycles. The van der Waals surface area contributed by atoms with Gasteiger partial charge in [-0.25, -0.2) is 4.98 Å². The molecule has 0 saturated heterocycles. The second-order valence-electron chi connectivity index (χ2n) is 3.08. The highest BCUT2D eigenvalue weighted by atomic mass is 32.1. The van der Waals surface area contributed by atoms with E-state index in [1.807, 2.05) is 18.9 Å². The summed E-state index contributed by atoms with van der Waals surface area (Å²) in [5.74, 6) is 0. The van der Waals surface area contributed by atoms with E-state index in [-0.39, 0.29) is 6.61 Å². The number of thiazole rings is 1. The number of ether oxygens (including phenoxy) is 1. The van der Waals surface area contributed by atoms with Crippen LogP contribution in [0.4, 0.5) is 5.13 Å². The summed E-state index contributed by atoms with van der Waals surface area (Å²) in [7, 11) is 3.65. The Bertz CT molecular complexity index is 288. The Morgan fingerprint density at radius 2 is 2.29 bits per heavy atom. The van der Waals surface area contributed by atoms with Gasteiger partial charge in [-0.3, -0.25) is 0 Å². The zero-order chi connectivity index (χ0) is 10.6. The van der Waals surface area contributed by atoms with Gasteiger partial charge in [-0.2, -0.15) is 0 Å². The van der Waals surface area contributed by atoms with Crippen LogP contribution in [0.15, 0.2) is 0 Å². The van der Waals surface area contributed by atoms with Gasteiger partial charge >= 0.3 is 0 Å². The first-order valence-electron chi connectivity index (χ1n) is 4.46. The first kappa shape index (κ1) is 11.4. The molecule has 0 spiro atoms. The highest BCUT2D eigenvalue weighted by Gasteiger charge is 2.09. The summed E-state index contributed by atoms with van der Waals surface area (Å²) in [5.41, 5.74) is 0.914. The van der Waals surface area contributed by atoms with Gasteiger partial charge in [-0.05, 0) is 6.92 Å². The van der Waals surface area contributed by atoms with Crippen LogP contribution in [0.5, 0.6) is 0 Å². The Morgan fingerprint density at radius 1 is 1.57 bits per heavy atom. The summed E-state index contributed by atoms with van der Waals surface area (Å²) in [6.07, 6.45) is 0. The zero-order valence-corrected chi connectivity index (χ0v) is 9.60. The molecule has 80 valence electrons. The minimum Gasteiger partial charge on any atom is -0.391 e. The lowest BCUT2D eigenvalue weighted by Gasteiger charge is -2.14. The van der Waals surface area contributed by atoms with Gasteiger partial charge in [0.2, 0.25) is 0 Å². The van der Waals surface area contributed by atoms with E-state index < -0.39 is 0 Å². The number of aromatic nitrogens is 1. The van der Waals surface area contributed by atoms with Gasteiger partial charge in [0.1, 0.15) is 0 Å². The first-order valence-corrected chi connectivity index (χ1v) is 5.28. The molecule has 1 rings (SSSR count). The molecule has 0 fully saturated rings. The van der Waals surface area contributed by atoms with E-state index in [0.29, 0.717) is 6.61 Å². The number of rotatable bonds is 5. The normalized spacial score (nSPS) is 10.6. The number of aliphatic hydroxyl groups excluding tert-OH is 1. The quantitative estimate of drug-likeness (QED) is 0.798. The van der Waals surface area contributed by atoms with E-state index in [0.717, 1.165) is 22.2 Å². The van der Waals surface area contributed by atoms with Gasteiger partial charge in [0.25, 0.3) is 0 Å². The molecule has 4 nitrogen and oxygen atoms in total. The van der Waals surface area contributed by atoms with Crippen molar-refractivity contribution in [1.82, 2.24) is 4.98 Å². The van der Waals surface area contributed by atoms with E-state index in [1.54, 1.807) is 7.11 Å². The number of aliphatic hydroxyl groups is 1. The fraction of sp³-hybridized carbons (Fsp3) is 0.667. The Balaban J connectivity index is 2.65. The van der Waals surface area contributed by atoms with Crippen molar-refractivity contribution in [3.8, 4) is 0 Å². The Kier molecular flexibility index (Phi) is 4.31. The van der Waals surface area contributed by atoms with Crippen molar-refractivity contribution in [2.24, 2.45) is 0 Å². The molecule has 0 aliphatic heterocycles. The summed E-state index contributed by atoms with van der Waals surface area (Å²) < 4.78 is 4.98. The Labute approximate surface area is 88.1 Å². The predicted octanol–water partition coefficient (Wildman–Crippen LogP) is 1.03. The molecule has 0 saturated carbocycles. The van der Waals surface area contributed by atoms with Gasteiger partial charge in [-0.15, -0.1) is 0 Å². The predicted molar refractivity (Wildman–Crippen MR) is 57.9 cm³/mol. The fourth-order valence-electron chi connectivity index (χ4n) is 1.05. The number of likely N-dealkylation sites (N-methyl/N-ethyl adjacent to an activating group) is 1. The largest absolute Gasteiger partial charge is 0.391 e. The van der Waals surface area contributed by atoms with Crippen molar-refractivity contribution >= 4 is 16.5 Å². The first-order chi connectivity index (χ1) is 6.69.